The lowest BCUT2D eigenvalue weighted by atomic mass is 10.4. The van der Waals surface area contributed by atoms with Gasteiger partial charge in [-0.3, -0.25) is 3.53 Å². The van der Waals surface area contributed by atoms with Crippen molar-refractivity contribution in [3.63, 3.8) is 0 Å². The monoisotopic (exact) mass is 257 g/mol. The average molecular weight is 257 g/mol. The molecule has 1 nitrogen and oxygen atoms in total. The van der Waals surface area contributed by atoms with Gasteiger partial charge in [-0.1, -0.05) is 6.92 Å². The third-order valence-electron chi connectivity index (χ3n) is 1.65. The van der Waals surface area contributed by atoms with E-state index in [9.17, 15) is 0 Å². The topological polar surface area (TPSA) is 12.0 Å². The van der Waals surface area contributed by atoms with E-state index in [1.54, 1.807) is 0 Å². The van der Waals surface area contributed by atoms with E-state index >= 15 is 0 Å². The standard InChI is InChI=1S/C6H12INS/c1-2-9-6(3-4-6)5-8-7/h8H,2-5H2,1H3. The van der Waals surface area contributed by atoms with Gasteiger partial charge in [-0.05, 0) is 18.6 Å². The summed E-state index contributed by atoms with van der Waals surface area (Å²) in [5.74, 6) is 1.26. The van der Waals surface area contributed by atoms with Gasteiger partial charge in [0, 0.05) is 34.2 Å². The van der Waals surface area contributed by atoms with Crippen LogP contribution in [-0.2, 0) is 0 Å². The summed E-state index contributed by atoms with van der Waals surface area (Å²) in [5, 5.41) is 0. The number of halogens is 1. The van der Waals surface area contributed by atoms with Gasteiger partial charge in [0.25, 0.3) is 0 Å². The molecule has 0 heterocycles. The van der Waals surface area contributed by atoms with E-state index < -0.39 is 0 Å². The van der Waals surface area contributed by atoms with Crippen molar-refractivity contribution in [2.24, 2.45) is 0 Å². The third kappa shape index (κ3) is 2.27. The highest BCUT2D eigenvalue weighted by Crippen LogP contribution is 2.47. The molecule has 0 atom stereocenters. The van der Waals surface area contributed by atoms with Crippen molar-refractivity contribution in [1.29, 1.82) is 0 Å². The number of hydrogen-bond acceptors (Lipinski definition) is 2. The van der Waals surface area contributed by atoms with Crippen molar-refractivity contribution in [3.05, 3.63) is 0 Å². The van der Waals surface area contributed by atoms with E-state index in [0.717, 1.165) is 0 Å². The summed E-state index contributed by atoms with van der Waals surface area (Å²) >= 11 is 4.33. The highest BCUT2D eigenvalue weighted by atomic mass is 127. The number of hydrogen-bond donors (Lipinski definition) is 1. The molecule has 0 amide bonds. The van der Waals surface area contributed by atoms with Gasteiger partial charge >= 0.3 is 0 Å². The summed E-state index contributed by atoms with van der Waals surface area (Å²) in [7, 11) is 0. The molecule has 1 rings (SSSR count). The minimum atomic E-state index is 0.649. The van der Waals surface area contributed by atoms with E-state index in [4.69, 9.17) is 0 Å². The van der Waals surface area contributed by atoms with E-state index in [1.165, 1.54) is 25.1 Å². The second-order valence-corrected chi connectivity index (χ2v) is 4.92. The normalized spacial score (nSPS) is 22.0. The van der Waals surface area contributed by atoms with Crippen LogP contribution >= 0.6 is 34.6 Å². The second kappa shape index (κ2) is 3.44. The van der Waals surface area contributed by atoms with Gasteiger partial charge in [0.1, 0.15) is 0 Å². The maximum Gasteiger partial charge on any atom is 0.0293 e. The summed E-state index contributed by atoms with van der Waals surface area (Å²) in [6.07, 6.45) is 2.84. The fraction of sp³-hybridized carbons (Fsp3) is 1.00. The molecule has 1 aliphatic carbocycles. The molecule has 1 fully saturated rings. The van der Waals surface area contributed by atoms with Crippen LogP contribution in [0.1, 0.15) is 19.8 Å². The lowest BCUT2D eigenvalue weighted by Crippen LogP contribution is -2.18. The van der Waals surface area contributed by atoms with Crippen molar-refractivity contribution in [1.82, 2.24) is 3.53 Å². The van der Waals surface area contributed by atoms with E-state index in [1.807, 2.05) is 0 Å². The van der Waals surface area contributed by atoms with E-state index in [-0.39, 0.29) is 0 Å². The first kappa shape index (κ1) is 8.14. The lowest BCUT2D eigenvalue weighted by molar-refractivity contribution is 0.870. The Hall–Kier alpha value is 1.04. The third-order valence-corrected chi connectivity index (χ3v) is 3.48. The van der Waals surface area contributed by atoms with E-state index in [0.29, 0.717) is 4.75 Å². The average Bonchev–Trinajstić information content (AvgIpc) is 2.51. The molecule has 0 spiro atoms. The van der Waals surface area contributed by atoms with Crippen LogP contribution in [-0.4, -0.2) is 17.0 Å². The highest BCUT2D eigenvalue weighted by molar-refractivity contribution is 14.1. The minimum absolute atomic E-state index is 0.649. The van der Waals surface area contributed by atoms with Gasteiger partial charge in [-0.15, -0.1) is 0 Å². The van der Waals surface area contributed by atoms with Crippen LogP contribution in [0.4, 0.5) is 0 Å². The Balaban J connectivity index is 2.17. The zero-order valence-corrected chi connectivity index (χ0v) is 8.59. The maximum atomic E-state index is 3.20. The summed E-state index contributed by atoms with van der Waals surface area (Å²) in [6, 6.07) is 0. The van der Waals surface area contributed by atoms with Crippen molar-refractivity contribution in [2.45, 2.75) is 24.5 Å². The predicted octanol–water partition coefficient (Wildman–Crippen LogP) is 2.21. The molecular formula is C6H12INS. The molecule has 0 aliphatic heterocycles. The molecule has 0 saturated heterocycles. The lowest BCUT2D eigenvalue weighted by Gasteiger charge is -2.10. The largest absolute Gasteiger partial charge is 0.260 e. The van der Waals surface area contributed by atoms with Gasteiger partial charge < -0.3 is 0 Å². The van der Waals surface area contributed by atoms with Crippen molar-refractivity contribution in [2.75, 3.05) is 12.3 Å². The fourth-order valence-corrected chi connectivity index (χ4v) is 3.11. The molecule has 1 saturated carbocycles. The molecule has 1 aliphatic rings. The van der Waals surface area contributed by atoms with Crippen LogP contribution in [0.5, 0.6) is 0 Å². The molecule has 9 heavy (non-hydrogen) atoms. The molecule has 0 unspecified atom stereocenters. The molecule has 0 aromatic heterocycles. The Morgan fingerprint density at radius 3 is 2.67 bits per heavy atom. The summed E-state index contributed by atoms with van der Waals surface area (Å²) in [5.41, 5.74) is 0. The fourth-order valence-electron chi connectivity index (χ4n) is 0.940. The first-order valence-electron chi connectivity index (χ1n) is 3.30. The molecular weight excluding hydrogens is 245 g/mol. The van der Waals surface area contributed by atoms with Crippen LogP contribution in [0.25, 0.3) is 0 Å². The SMILES string of the molecule is CCSC1(CNI)CC1. The summed E-state index contributed by atoms with van der Waals surface area (Å²) in [4.78, 5) is 0. The summed E-state index contributed by atoms with van der Waals surface area (Å²) in [6.45, 7) is 3.42. The Kier molecular flexibility index (Phi) is 3.11. The quantitative estimate of drug-likeness (QED) is 0.612. The molecule has 54 valence electrons. The number of nitrogens with one attached hydrogen (secondary N) is 1. The Morgan fingerprint density at radius 1 is 1.67 bits per heavy atom. The molecule has 0 bridgehead atoms. The van der Waals surface area contributed by atoms with Crippen LogP contribution in [0.2, 0.25) is 0 Å². The molecule has 1 N–H and O–H groups in total. The first-order chi connectivity index (χ1) is 4.33. The van der Waals surface area contributed by atoms with Crippen LogP contribution in [0.15, 0.2) is 0 Å². The minimum Gasteiger partial charge on any atom is -0.260 e. The summed E-state index contributed by atoms with van der Waals surface area (Å²) < 4.78 is 3.85. The van der Waals surface area contributed by atoms with Gasteiger partial charge in [-0.25, -0.2) is 0 Å². The molecule has 3 heteroatoms. The van der Waals surface area contributed by atoms with Gasteiger partial charge in [0.05, 0.1) is 0 Å². The number of rotatable bonds is 4. The second-order valence-electron chi connectivity index (χ2n) is 2.43. The zero-order chi connectivity index (χ0) is 6.74. The number of thioether (sulfide) groups is 1. The molecule has 0 radical (unpaired) electrons. The van der Waals surface area contributed by atoms with Crippen LogP contribution < -0.4 is 3.53 Å². The zero-order valence-electron chi connectivity index (χ0n) is 5.61. The van der Waals surface area contributed by atoms with Gasteiger partial charge in [0.15, 0.2) is 0 Å². The van der Waals surface area contributed by atoms with E-state index in [2.05, 4.69) is 45.1 Å². The van der Waals surface area contributed by atoms with Crippen LogP contribution in [0.3, 0.4) is 0 Å². The highest BCUT2D eigenvalue weighted by Gasteiger charge is 2.41. The first-order valence-corrected chi connectivity index (χ1v) is 5.37. The Labute approximate surface area is 74.8 Å². The van der Waals surface area contributed by atoms with Crippen molar-refractivity contribution in [3.8, 4) is 0 Å². The predicted molar refractivity (Wildman–Crippen MR) is 52.1 cm³/mol. The van der Waals surface area contributed by atoms with Gasteiger partial charge in [-0.2, -0.15) is 11.8 Å². The van der Waals surface area contributed by atoms with Crippen molar-refractivity contribution >= 4 is 34.6 Å². The Bertz CT molecular complexity index is 85.1. The van der Waals surface area contributed by atoms with Gasteiger partial charge in [0.2, 0.25) is 0 Å². The van der Waals surface area contributed by atoms with Crippen LogP contribution in [0, 0.1) is 0 Å². The van der Waals surface area contributed by atoms with Crippen molar-refractivity contribution < 1.29 is 0 Å². The smallest absolute Gasteiger partial charge is 0.0293 e. The Morgan fingerprint density at radius 2 is 2.33 bits per heavy atom. The molecule has 0 aromatic rings. The molecule has 0 aromatic carbocycles. The maximum absolute atomic E-state index is 3.20.